The van der Waals surface area contributed by atoms with Gasteiger partial charge in [0.1, 0.15) is 6.54 Å². The maximum Gasteiger partial charge on any atom is 0.322 e. The summed E-state index contributed by atoms with van der Waals surface area (Å²) in [7, 11) is 1.63. The van der Waals surface area contributed by atoms with Crippen molar-refractivity contribution < 1.29 is 14.4 Å². The zero-order valence-electron chi connectivity index (χ0n) is 15.1. The number of likely N-dealkylation sites (N-methyl/N-ethyl adjacent to an activating group) is 1. The third-order valence-electron chi connectivity index (χ3n) is 5.44. The highest BCUT2D eigenvalue weighted by Gasteiger charge is 2.44. The maximum atomic E-state index is 13.1. The van der Waals surface area contributed by atoms with Gasteiger partial charge < -0.3 is 15.1 Å². The minimum atomic E-state index is -0.614. The third-order valence-corrected chi connectivity index (χ3v) is 5.78. The van der Waals surface area contributed by atoms with Gasteiger partial charge in [-0.15, -0.1) is 0 Å². The molecule has 4 amide bonds. The normalized spacial score (nSPS) is 22.4. The van der Waals surface area contributed by atoms with Crippen LogP contribution < -0.4 is 5.32 Å². The van der Waals surface area contributed by atoms with Crippen LogP contribution >= 0.6 is 11.6 Å². The van der Waals surface area contributed by atoms with Crippen molar-refractivity contribution in [3.05, 3.63) is 46.1 Å². The number of carbonyl (C=O) groups excluding carboxylic acids is 3. The number of nitrogens with zero attached hydrogens (tertiary/aromatic N) is 3. The SMILES string of the molecule is CN1C(=O)NC(c2ccccc2Cl)C2=C1CN(CC(=O)N1CCCC1)C2=O. The van der Waals surface area contributed by atoms with Gasteiger partial charge in [-0.05, 0) is 24.5 Å². The molecule has 142 valence electrons. The van der Waals surface area contributed by atoms with Crippen LogP contribution in [0.3, 0.4) is 0 Å². The first-order chi connectivity index (χ1) is 13.0. The van der Waals surface area contributed by atoms with Gasteiger partial charge in [-0.1, -0.05) is 29.8 Å². The van der Waals surface area contributed by atoms with Crippen molar-refractivity contribution in [2.75, 3.05) is 33.2 Å². The molecule has 3 heterocycles. The second-order valence-corrected chi connectivity index (χ2v) is 7.48. The van der Waals surface area contributed by atoms with Crippen LogP contribution in [0.25, 0.3) is 0 Å². The van der Waals surface area contributed by atoms with Gasteiger partial charge in [0.15, 0.2) is 0 Å². The molecule has 27 heavy (non-hydrogen) atoms. The number of rotatable bonds is 3. The summed E-state index contributed by atoms with van der Waals surface area (Å²) in [5.74, 6) is -0.272. The Bertz CT molecular complexity index is 847. The van der Waals surface area contributed by atoms with Crippen LogP contribution in [0.15, 0.2) is 35.5 Å². The Morgan fingerprint density at radius 2 is 1.93 bits per heavy atom. The van der Waals surface area contributed by atoms with E-state index < -0.39 is 6.04 Å². The molecule has 1 fully saturated rings. The van der Waals surface area contributed by atoms with Crippen LogP contribution in [-0.4, -0.2) is 65.8 Å². The number of likely N-dealkylation sites (tertiary alicyclic amines) is 1. The van der Waals surface area contributed by atoms with Crippen molar-refractivity contribution in [2.45, 2.75) is 18.9 Å². The Morgan fingerprint density at radius 3 is 2.63 bits per heavy atom. The van der Waals surface area contributed by atoms with Gasteiger partial charge in [0.2, 0.25) is 5.91 Å². The van der Waals surface area contributed by atoms with Gasteiger partial charge in [-0.3, -0.25) is 14.5 Å². The molecule has 0 aliphatic carbocycles. The predicted molar refractivity (Wildman–Crippen MR) is 99.9 cm³/mol. The van der Waals surface area contributed by atoms with E-state index in [1.807, 2.05) is 6.07 Å². The van der Waals surface area contributed by atoms with Crippen molar-refractivity contribution in [3.63, 3.8) is 0 Å². The minimum Gasteiger partial charge on any atom is -0.341 e. The topological polar surface area (TPSA) is 73.0 Å². The van der Waals surface area contributed by atoms with E-state index in [1.165, 1.54) is 9.80 Å². The molecule has 3 aliphatic rings. The van der Waals surface area contributed by atoms with Crippen LogP contribution in [0.5, 0.6) is 0 Å². The van der Waals surface area contributed by atoms with E-state index in [2.05, 4.69) is 5.32 Å². The van der Waals surface area contributed by atoms with Crippen molar-refractivity contribution in [1.29, 1.82) is 0 Å². The first kappa shape index (κ1) is 17.9. The lowest BCUT2D eigenvalue weighted by atomic mass is 9.96. The number of benzene rings is 1. The van der Waals surface area contributed by atoms with Gasteiger partial charge in [0.25, 0.3) is 5.91 Å². The third kappa shape index (κ3) is 3.06. The molecule has 0 aromatic heterocycles. The molecule has 7 nitrogen and oxygen atoms in total. The molecule has 1 aromatic rings. The Labute approximate surface area is 162 Å². The van der Waals surface area contributed by atoms with Crippen molar-refractivity contribution in [3.8, 4) is 0 Å². The lowest BCUT2D eigenvalue weighted by Gasteiger charge is -2.31. The number of nitrogens with one attached hydrogen (secondary N) is 1. The maximum absolute atomic E-state index is 13.1. The zero-order chi connectivity index (χ0) is 19.1. The first-order valence-electron chi connectivity index (χ1n) is 9.06. The summed E-state index contributed by atoms with van der Waals surface area (Å²) in [6.07, 6.45) is 2.01. The fourth-order valence-electron chi connectivity index (χ4n) is 3.92. The Kier molecular flexibility index (Phi) is 4.55. The lowest BCUT2D eigenvalue weighted by Crippen LogP contribution is -2.45. The second-order valence-electron chi connectivity index (χ2n) is 7.07. The first-order valence-corrected chi connectivity index (χ1v) is 9.44. The molecule has 0 saturated carbocycles. The fourth-order valence-corrected chi connectivity index (χ4v) is 4.17. The number of halogens is 1. The molecule has 0 spiro atoms. The van der Waals surface area contributed by atoms with Crippen LogP contribution in [0, 0.1) is 0 Å². The van der Waals surface area contributed by atoms with Gasteiger partial charge in [-0.25, -0.2) is 4.79 Å². The molecule has 1 saturated heterocycles. The van der Waals surface area contributed by atoms with E-state index in [0.717, 1.165) is 25.9 Å². The number of hydrogen-bond donors (Lipinski definition) is 1. The largest absolute Gasteiger partial charge is 0.341 e. The van der Waals surface area contributed by atoms with Gasteiger partial charge in [-0.2, -0.15) is 0 Å². The fraction of sp³-hybridized carbons (Fsp3) is 0.421. The molecule has 1 aromatic carbocycles. The number of amides is 4. The molecule has 8 heteroatoms. The Balaban J connectivity index is 1.62. The monoisotopic (exact) mass is 388 g/mol. The molecule has 4 rings (SSSR count). The molecular weight excluding hydrogens is 368 g/mol. The summed E-state index contributed by atoms with van der Waals surface area (Å²) in [6, 6.07) is 6.25. The zero-order valence-corrected chi connectivity index (χ0v) is 15.8. The highest BCUT2D eigenvalue weighted by Crippen LogP contribution is 2.37. The average molecular weight is 389 g/mol. The smallest absolute Gasteiger partial charge is 0.322 e. The standard InChI is InChI=1S/C19H21ClN4O3/c1-22-14-10-24(11-15(25)23-8-4-5-9-23)18(26)16(14)17(21-19(22)27)12-6-2-3-7-13(12)20/h2-3,6-7,17H,4-5,8-11H2,1H3,(H,21,27). The summed E-state index contributed by atoms with van der Waals surface area (Å²) < 4.78 is 0. The average Bonchev–Trinajstić information content (AvgIpc) is 3.29. The summed E-state index contributed by atoms with van der Waals surface area (Å²) >= 11 is 6.31. The van der Waals surface area contributed by atoms with Crippen LogP contribution in [-0.2, 0) is 9.59 Å². The van der Waals surface area contributed by atoms with Crippen LogP contribution in [0.4, 0.5) is 4.79 Å². The van der Waals surface area contributed by atoms with Crippen molar-refractivity contribution in [1.82, 2.24) is 20.0 Å². The number of carbonyl (C=O) groups is 3. The quantitative estimate of drug-likeness (QED) is 0.857. The second kappa shape index (κ2) is 6.88. The van der Waals surface area contributed by atoms with Crippen molar-refractivity contribution >= 4 is 29.4 Å². The van der Waals surface area contributed by atoms with Gasteiger partial charge >= 0.3 is 6.03 Å². The number of hydrogen-bond acceptors (Lipinski definition) is 3. The summed E-state index contributed by atoms with van der Waals surface area (Å²) in [6.45, 7) is 1.77. The van der Waals surface area contributed by atoms with Gasteiger partial charge in [0.05, 0.1) is 23.9 Å². The lowest BCUT2D eigenvalue weighted by molar-refractivity contribution is -0.137. The molecule has 0 bridgehead atoms. The summed E-state index contributed by atoms with van der Waals surface area (Å²) in [5, 5.41) is 3.34. The molecule has 1 unspecified atom stereocenters. The van der Waals surface area contributed by atoms with Crippen LogP contribution in [0.2, 0.25) is 5.02 Å². The van der Waals surface area contributed by atoms with E-state index in [1.54, 1.807) is 30.1 Å². The molecule has 1 N–H and O–H groups in total. The van der Waals surface area contributed by atoms with Crippen molar-refractivity contribution in [2.24, 2.45) is 0 Å². The van der Waals surface area contributed by atoms with E-state index in [9.17, 15) is 14.4 Å². The van der Waals surface area contributed by atoms with Gasteiger partial charge in [0, 0.05) is 25.2 Å². The summed E-state index contributed by atoms with van der Waals surface area (Å²) in [4.78, 5) is 42.8. The predicted octanol–water partition coefficient (Wildman–Crippen LogP) is 1.75. The van der Waals surface area contributed by atoms with E-state index >= 15 is 0 Å². The number of urea groups is 1. The van der Waals surface area contributed by atoms with E-state index in [4.69, 9.17) is 11.6 Å². The van der Waals surface area contributed by atoms with E-state index in [0.29, 0.717) is 21.9 Å². The molecular formula is C19H21ClN4O3. The molecule has 1 atom stereocenters. The molecule has 3 aliphatic heterocycles. The molecule has 0 radical (unpaired) electrons. The Hall–Kier alpha value is -2.54. The van der Waals surface area contributed by atoms with E-state index in [-0.39, 0.29) is 30.9 Å². The summed E-state index contributed by atoms with van der Waals surface area (Å²) in [5.41, 5.74) is 1.79. The highest BCUT2D eigenvalue weighted by molar-refractivity contribution is 6.31. The minimum absolute atomic E-state index is 0.0309. The van der Waals surface area contributed by atoms with Crippen LogP contribution in [0.1, 0.15) is 24.4 Å². The Morgan fingerprint density at radius 1 is 1.22 bits per heavy atom. The highest BCUT2D eigenvalue weighted by atomic mass is 35.5.